The molecule has 1 aromatic carbocycles. The van der Waals surface area contributed by atoms with Crippen LogP contribution in [0.15, 0.2) is 18.2 Å². The van der Waals surface area contributed by atoms with Crippen molar-refractivity contribution >= 4 is 34.3 Å². The summed E-state index contributed by atoms with van der Waals surface area (Å²) in [4.78, 5) is 16.8. The first-order valence-corrected chi connectivity index (χ1v) is 8.92. The molecule has 1 aromatic heterocycles. The van der Waals surface area contributed by atoms with Crippen molar-refractivity contribution in [3.8, 4) is 0 Å². The molecule has 1 saturated heterocycles. The molecular formula is C17H23N5O2S. The van der Waals surface area contributed by atoms with Gasteiger partial charge in [0, 0.05) is 25.3 Å². The van der Waals surface area contributed by atoms with Crippen LogP contribution in [0.25, 0.3) is 11.0 Å². The fraction of sp³-hybridized carbons (Fsp3) is 0.471. The fourth-order valence-corrected chi connectivity index (χ4v) is 3.17. The van der Waals surface area contributed by atoms with Gasteiger partial charge < -0.3 is 14.6 Å². The number of imidazole rings is 1. The SMILES string of the molecule is CCn1c(C)nc2cc(C(=O)NNC(=S)NC[C@@H]3CCCO3)ccc21. The summed E-state index contributed by atoms with van der Waals surface area (Å²) in [5.74, 6) is 0.680. The Hall–Kier alpha value is -2.19. The van der Waals surface area contributed by atoms with Crippen LogP contribution in [0.4, 0.5) is 0 Å². The van der Waals surface area contributed by atoms with Gasteiger partial charge in [0.05, 0.1) is 17.1 Å². The van der Waals surface area contributed by atoms with Crippen molar-refractivity contribution < 1.29 is 9.53 Å². The van der Waals surface area contributed by atoms with E-state index in [0.29, 0.717) is 17.2 Å². The summed E-state index contributed by atoms with van der Waals surface area (Å²) in [7, 11) is 0. The number of aromatic nitrogens is 2. The molecule has 1 aliphatic rings. The van der Waals surface area contributed by atoms with Gasteiger partial charge in [-0.2, -0.15) is 0 Å². The van der Waals surface area contributed by atoms with E-state index in [0.717, 1.165) is 42.9 Å². The highest BCUT2D eigenvalue weighted by atomic mass is 32.1. The number of carbonyl (C=O) groups excluding carboxylic acids is 1. The zero-order valence-corrected chi connectivity index (χ0v) is 15.3. The van der Waals surface area contributed by atoms with Crippen LogP contribution >= 0.6 is 12.2 Å². The average Bonchev–Trinajstić information content (AvgIpc) is 3.23. The van der Waals surface area contributed by atoms with Gasteiger partial charge in [-0.25, -0.2) is 4.98 Å². The van der Waals surface area contributed by atoms with Gasteiger partial charge in [0.2, 0.25) is 0 Å². The number of thiocarbonyl (C=S) groups is 1. The lowest BCUT2D eigenvalue weighted by molar-refractivity contribution is 0.0943. The maximum absolute atomic E-state index is 12.3. The summed E-state index contributed by atoms with van der Waals surface area (Å²) in [6.07, 6.45) is 2.31. The molecule has 7 nitrogen and oxygen atoms in total. The minimum Gasteiger partial charge on any atom is -0.376 e. The lowest BCUT2D eigenvalue weighted by Gasteiger charge is -2.14. The summed E-state index contributed by atoms with van der Waals surface area (Å²) in [6.45, 7) is 6.33. The van der Waals surface area contributed by atoms with Crippen LogP contribution in [0.1, 0.15) is 35.9 Å². The normalized spacial score (nSPS) is 16.8. The van der Waals surface area contributed by atoms with E-state index >= 15 is 0 Å². The van der Waals surface area contributed by atoms with E-state index in [1.807, 2.05) is 13.0 Å². The Bertz CT molecular complexity index is 783. The molecule has 0 radical (unpaired) electrons. The van der Waals surface area contributed by atoms with Crippen molar-refractivity contribution in [2.45, 2.75) is 39.3 Å². The zero-order chi connectivity index (χ0) is 17.8. The van der Waals surface area contributed by atoms with Crippen molar-refractivity contribution in [2.24, 2.45) is 0 Å². The third-order valence-electron chi connectivity index (χ3n) is 4.32. The van der Waals surface area contributed by atoms with Crippen LogP contribution in [0.5, 0.6) is 0 Å². The molecule has 2 aromatic rings. The second-order valence-corrected chi connectivity index (χ2v) is 6.44. The number of amides is 1. The Morgan fingerprint density at radius 1 is 1.44 bits per heavy atom. The third-order valence-corrected chi connectivity index (χ3v) is 4.57. The number of ether oxygens (including phenoxy) is 1. The van der Waals surface area contributed by atoms with E-state index in [1.54, 1.807) is 12.1 Å². The van der Waals surface area contributed by atoms with E-state index in [4.69, 9.17) is 17.0 Å². The second kappa shape index (κ2) is 7.79. The topological polar surface area (TPSA) is 80.2 Å². The van der Waals surface area contributed by atoms with Crippen LogP contribution < -0.4 is 16.2 Å². The van der Waals surface area contributed by atoms with E-state index in [9.17, 15) is 4.79 Å². The monoisotopic (exact) mass is 361 g/mol. The van der Waals surface area contributed by atoms with Gasteiger partial charge >= 0.3 is 0 Å². The molecule has 1 amide bonds. The Morgan fingerprint density at radius 2 is 2.28 bits per heavy atom. The Morgan fingerprint density at radius 3 is 3.00 bits per heavy atom. The number of rotatable bonds is 4. The molecule has 1 fully saturated rings. The van der Waals surface area contributed by atoms with Gasteiger partial charge in [0.25, 0.3) is 5.91 Å². The standard InChI is InChI=1S/C17H23N5O2S/c1-3-22-11(2)19-14-9-12(6-7-15(14)22)16(23)20-21-17(25)18-10-13-5-4-8-24-13/h6-7,9,13H,3-5,8,10H2,1-2H3,(H,20,23)(H2,18,21,25)/t13-/m0/s1. The minimum absolute atomic E-state index is 0.190. The molecule has 0 saturated carbocycles. The maximum Gasteiger partial charge on any atom is 0.269 e. The minimum atomic E-state index is -0.258. The molecule has 134 valence electrons. The Labute approximate surface area is 152 Å². The number of aryl methyl sites for hydroxylation is 2. The number of benzene rings is 1. The van der Waals surface area contributed by atoms with E-state index in [-0.39, 0.29) is 12.0 Å². The van der Waals surface area contributed by atoms with Gasteiger partial charge in [-0.15, -0.1) is 0 Å². The highest BCUT2D eigenvalue weighted by Crippen LogP contribution is 2.17. The van der Waals surface area contributed by atoms with E-state index < -0.39 is 0 Å². The largest absolute Gasteiger partial charge is 0.376 e. The van der Waals surface area contributed by atoms with Crippen molar-refractivity contribution in [3.05, 3.63) is 29.6 Å². The predicted molar refractivity (Wildman–Crippen MR) is 100 cm³/mol. The smallest absolute Gasteiger partial charge is 0.269 e. The van der Waals surface area contributed by atoms with Gasteiger partial charge in [-0.1, -0.05) is 0 Å². The van der Waals surface area contributed by atoms with Crippen LogP contribution in [-0.2, 0) is 11.3 Å². The van der Waals surface area contributed by atoms with Crippen LogP contribution in [0.3, 0.4) is 0 Å². The summed E-state index contributed by atoms with van der Waals surface area (Å²) in [5.41, 5.74) is 7.69. The van der Waals surface area contributed by atoms with Crippen LogP contribution in [0, 0.1) is 6.92 Å². The highest BCUT2D eigenvalue weighted by Gasteiger charge is 2.15. The number of nitrogens with zero attached hydrogens (tertiary/aromatic N) is 2. The second-order valence-electron chi connectivity index (χ2n) is 6.03. The first-order valence-electron chi connectivity index (χ1n) is 8.51. The molecule has 1 aliphatic heterocycles. The van der Waals surface area contributed by atoms with E-state index in [2.05, 4.69) is 32.6 Å². The lowest BCUT2D eigenvalue weighted by atomic mass is 10.2. The summed E-state index contributed by atoms with van der Waals surface area (Å²) >= 11 is 5.16. The number of carbonyl (C=O) groups is 1. The summed E-state index contributed by atoms with van der Waals surface area (Å²) in [6, 6.07) is 5.49. The quantitative estimate of drug-likeness (QED) is 0.568. The van der Waals surface area contributed by atoms with E-state index in [1.165, 1.54) is 0 Å². The number of hydrogen-bond donors (Lipinski definition) is 3. The molecule has 2 heterocycles. The van der Waals surface area contributed by atoms with Crippen molar-refractivity contribution in [3.63, 3.8) is 0 Å². The number of hydrazine groups is 1. The maximum atomic E-state index is 12.3. The number of nitrogens with one attached hydrogen (secondary N) is 3. The van der Waals surface area contributed by atoms with Gasteiger partial charge in [-0.05, 0) is 57.1 Å². The third kappa shape index (κ3) is 4.08. The van der Waals surface area contributed by atoms with Gasteiger partial charge in [0.1, 0.15) is 5.82 Å². The molecule has 8 heteroatoms. The highest BCUT2D eigenvalue weighted by molar-refractivity contribution is 7.80. The van der Waals surface area contributed by atoms with Gasteiger partial charge in [-0.3, -0.25) is 15.6 Å². The molecule has 0 unspecified atom stereocenters. The van der Waals surface area contributed by atoms with Crippen molar-refractivity contribution in [1.82, 2.24) is 25.7 Å². The fourth-order valence-electron chi connectivity index (χ4n) is 3.03. The van der Waals surface area contributed by atoms with Crippen LogP contribution in [0.2, 0.25) is 0 Å². The molecule has 25 heavy (non-hydrogen) atoms. The Kier molecular flexibility index (Phi) is 5.50. The van der Waals surface area contributed by atoms with Gasteiger partial charge in [0.15, 0.2) is 5.11 Å². The first kappa shape index (κ1) is 17.6. The molecule has 0 spiro atoms. The number of hydrogen-bond acceptors (Lipinski definition) is 4. The molecule has 3 rings (SSSR count). The zero-order valence-electron chi connectivity index (χ0n) is 14.5. The van der Waals surface area contributed by atoms with Crippen LogP contribution in [-0.4, -0.2) is 39.8 Å². The number of fused-ring (bicyclic) bond motifs is 1. The summed E-state index contributed by atoms with van der Waals surface area (Å²) in [5, 5.41) is 3.42. The van der Waals surface area contributed by atoms with Crippen molar-refractivity contribution in [2.75, 3.05) is 13.2 Å². The average molecular weight is 361 g/mol. The molecule has 0 aliphatic carbocycles. The summed E-state index contributed by atoms with van der Waals surface area (Å²) < 4.78 is 7.62. The predicted octanol–water partition coefficient (Wildman–Crippen LogP) is 1.65. The lowest BCUT2D eigenvalue weighted by Crippen LogP contribution is -2.48. The molecule has 3 N–H and O–H groups in total. The molecule has 0 bridgehead atoms. The Balaban J connectivity index is 1.55. The first-order chi connectivity index (χ1) is 12.1. The molecular weight excluding hydrogens is 338 g/mol. The van der Waals surface area contributed by atoms with Crippen molar-refractivity contribution in [1.29, 1.82) is 0 Å². The molecule has 1 atom stereocenters.